The Kier molecular flexibility index (Phi) is 30.6. The van der Waals surface area contributed by atoms with Crippen molar-refractivity contribution in [2.45, 2.75) is 316 Å². The minimum absolute atomic E-state index is 0.0387. The molecule has 17 heteroatoms. The lowest BCUT2D eigenvalue weighted by Gasteiger charge is -2.49. The van der Waals surface area contributed by atoms with Crippen LogP contribution in [0.3, 0.4) is 0 Å². The van der Waals surface area contributed by atoms with Gasteiger partial charge in [0.05, 0.1) is 30.5 Å². The Morgan fingerprint density at radius 1 is 0.708 bits per heavy atom. The number of ketones is 3. The highest BCUT2D eigenvalue weighted by atomic mass is 28.4. The fourth-order valence-corrected chi connectivity index (χ4v) is 24.8. The Bertz CT molecular complexity index is 2390. The molecule has 0 aromatic rings. The maximum atomic E-state index is 15.7. The summed E-state index contributed by atoms with van der Waals surface area (Å²) in [5, 5.41) is -0.203. The molecule has 89 heavy (non-hydrogen) atoms. The van der Waals surface area contributed by atoms with Crippen LogP contribution in [0.2, 0.25) is 52.9 Å². The van der Waals surface area contributed by atoms with Gasteiger partial charge in [-0.2, -0.15) is 0 Å². The number of rotatable bonds is 18. The highest BCUT2D eigenvalue weighted by Gasteiger charge is 2.58. The number of methoxy groups -OCH3 is 3. The fraction of sp³-hybridized carbons (Fsp3) is 0.819. The molecule has 1 saturated carbocycles. The van der Waals surface area contributed by atoms with Gasteiger partial charge < -0.3 is 41.9 Å². The van der Waals surface area contributed by atoms with Crippen LogP contribution in [0, 0.1) is 35.5 Å². The summed E-state index contributed by atoms with van der Waals surface area (Å²) < 4.78 is 54.3. The van der Waals surface area contributed by atoms with Crippen molar-refractivity contribution in [1.29, 1.82) is 0 Å². The first kappa shape index (κ1) is 78.7. The zero-order chi connectivity index (χ0) is 67.1. The number of esters is 1. The fourth-order valence-electron chi connectivity index (χ4n) is 15.0. The molecule has 0 aromatic carbocycles. The van der Waals surface area contributed by atoms with Crippen molar-refractivity contribution >= 4 is 54.2 Å². The van der Waals surface area contributed by atoms with Crippen molar-refractivity contribution in [3.63, 3.8) is 0 Å². The van der Waals surface area contributed by atoms with Gasteiger partial charge in [-0.25, -0.2) is 4.79 Å². The SMILES string of the molecule is CC[Si](CC)(CC)O[C@@]12O[C@@H](CC[C@H]1C)C[C@H](OC)/C(C)=C/C=C/C=C/[C@@H](C)C[C@@H](C)C(=O)[C@H](OC)[C@H](O[Si](C)(C)C(C)(C)C)/C(C)=C/[C@@H](C)C(=O)C[C@@H]([C@H](C)C[C@@H]1CC[C@@H](O[Si](C(C)C)(C(C)C)C(C)C)[C@H](OC)C1)OC(=O)[C@@H]1CCCCN1C(=O)C2=O. The van der Waals surface area contributed by atoms with Gasteiger partial charge in [-0.05, 0) is 160 Å². The smallest absolute Gasteiger partial charge is 0.329 e. The Morgan fingerprint density at radius 2 is 1.34 bits per heavy atom. The lowest BCUT2D eigenvalue weighted by Crippen LogP contribution is -2.65. The monoisotopic (exact) mass is 1300 g/mol. The van der Waals surface area contributed by atoms with E-state index in [9.17, 15) is 4.79 Å². The van der Waals surface area contributed by atoms with Gasteiger partial charge in [0.1, 0.15) is 24.0 Å². The van der Waals surface area contributed by atoms with E-state index in [0.29, 0.717) is 68.0 Å². The van der Waals surface area contributed by atoms with E-state index >= 15 is 19.2 Å². The summed E-state index contributed by atoms with van der Waals surface area (Å²) >= 11 is 0. The third-order valence-corrected chi connectivity index (χ3v) is 37.2. The van der Waals surface area contributed by atoms with Crippen molar-refractivity contribution < 1.29 is 60.9 Å². The van der Waals surface area contributed by atoms with Crippen LogP contribution in [-0.2, 0) is 60.9 Å². The Labute approximate surface area is 544 Å². The van der Waals surface area contributed by atoms with Crippen molar-refractivity contribution in [1.82, 2.24) is 4.90 Å². The lowest BCUT2D eigenvalue weighted by molar-refractivity contribution is -0.257. The Morgan fingerprint density at radius 3 is 1.90 bits per heavy atom. The molecule has 14 nitrogen and oxygen atoms in total. The van der Waals surface area contributed by atoms with Gasteiger partial charge in [0.2, 0.25) is 14.1 Å². The first-order valence-electron chi connectivity index (χ1n) is 34.7. The predicted molar refractivity (Wildman–Crippen MR) is 367 cm³/mol. The molecule has 15 atom stereocenters. The Hall–Kier alpha value is -2.72. The van der Waals surface area contributed by atoms with Gasteiger partial charge >= 0.3 is 5.97 Å². The second-order valence-corrected chi connectivity index (χ2v) is 45.0. The van der Waals surface area contributed by atoms with Gasteiger partial charge in [-0.3, -0.25) is 19.2 Å². The molecule has 0 aromatic heterocycles. The zero-order valence-electron chi connectivity index (χ0n) is 60.3. The number of allylic oxidation sites excluding steroid dienone is 6. The number of Topliss-reactive ketones (excluding diaryl/α,β-unsaturated/α-hetero) is 3. The first-order valence-corrected chi connectivity index (χ1v) is 42.3. The molecule has 3 aliphatic heterocycles. The van der Waals surface area contributed by atoms with Crippen LogP contribution >= 0.6 is 0 Å². The van der Waals surface area contributed by atoms with E-state index in [0.717, 1.165) is 48.5 Å². The van der Waals surface area contributed by atoms with Crippen molar-refractivity contribution in [2.24, 2.45) is 35.5 Å². The average Bonchev–Trinajstić information content (AvgIpc) is 3.03. The number of hydrogen-bond donors (Lipinski definition) is 0. The van der Waals surface area contributed by atoms with Crippen LogP contribution in [0.4, 0.5) is 0 Å². The number of carbonyl (C=O) groups excluding carboxylic acids is 5. The molecule has 510 valence electrons. The number of fused-ring (bicyclic) bond motifs is 3. The number of nitrogens with zero attached hydrogens (tertiary/aromatic N) is 1. The third kappa shape index (κ3) is 19.7. The molecule has 4 rings (SSSR count). The number of ether oxygens (including phenoxy) is 5. The summed E-state index contributed by atoms with van der Waals surface area (Å²) in [5.74, 6) is -5.86. The van der Waals surface area contributed by atoms with E-state index in [2.05, 4.69) is 116 Å². The molecular formula is C72H127NO13Si3. The molecule has 0 N–H and O–H groups in total. The summed E-state index contributed by atoms with van der Waals surface area (Å²) in [5.41, 5.74) is 2.95. The van der Waals surface area contributed by atoms with Gasteiger partial charge in [0.25, 0.3) is 11.7 Å². The number of amides is 1. The highest BCUT2D eigenvalue weighted by Crippen LogP contribution is 2.47. The van der Waals surface area contributed by atoms with Gasteiger partial charge in [0, 0.05) is 58.5 Å². The summed E-state index contributed by atoms with van der Waals surface area (Å²) in [4.78, 5) is 77.8. The molecule has 1 amide bonds. The second-order valence-electron chi connectivity index (χ2n) is 30.2. The molecule has 3 heterocycles. The molecule has 0 unspecified atom stereocenters. The average molecular weight is 1300 g/mol. The molecule has 3 fully saturated rings. The van der Waals surface area contributed by atoms with Crippen LogP contribution in [0.15, 0.2) is 47.6 Å². The van der Waals surface area contributed by atoms with Crippen LogP contribution in [0.5, 0.6) is 0 Å². The first-order chi connectivity index (χ1) is 41.6. The molecule has 0 spiro atoms. The molecule has 2 saturated heterocycles. The van der Waals surface area contributed by atoms with Crippen LogP contribution in [-0.4, -0.2) is 142 Å². The van der Waals surface area contributed by atoms with E-state index < -0.39 is 90.7 Å². The highest BCUT2D eigenvalue weighted by molar-refractivity contribution is 6.77. The summed E-state index contributed by atoms with van der Waals surface area (Å²) in [6.07, 6.45) is 15.2. The largest absolute Gasteiger partial charge is 0.460 e. The second kappa shape index (κ2) is 34.6. The van der Waals surface area contributed by atoms with E-state index in [1.54, 1.807) is 21.3 Å². The van der Waals surface area contributed by atoms with Crippen LogP contribution in [0.25, 0.3) is 0 Å². The summed E-state index contributed by atoms with van der Waals surface area (Å²) in [6, 6.07) is 1.10. The topological polar surface area (TPSA) is 162 Å². The molecule has 4 aliphatic rings. The number of carbonyl (C=O) groups is 5. The quantitative estimate of drug-likeness (QED) is 0.0552. The minimum atomic E-state index is -2.66. The normalized spacial score (nSPS) is 33.8. The van der Waals surface area contributed by atoms with Gasteiger partial charge in [0.15, 0.2) is 22.4 Å². The molecular weight excluding hydrogens is 1170 g/mol. The minimum Gasteiger partial charge on any atom is -0.460 e. The predicted octanol–water partition coefficient (Wildman–Crippen LogP) is 16.4. The van der Waals surface area contributed by atoms with E-state index in [1.165, 1.54) is 4.90 Å². The van der Waals surface area contributed by atoms with Crippen molar-refractivity contribution in [3.05, 3.63) is 47.6 Å². The van der Waals surface area contributed by atoms with E-state index in [-0.39, 0.29) is 71.6 Å². The standard InChI is InChI=1S/C72H127NO13Si3/c1-25-88(26-2,27-3)86-72-56(16)36-38-58(83-72)45-62(79-20)51(11)34-30-28-29-33-50(10)41-54(14)65(75)67(81-22)66(85-87(23,24)71(17,18)19)55(15)42-52(12)60(74)46-63(82-70(78)59-35-31-32-40-73(59)69(77)68(72)76)53(13)43-57-37-39-61(64(44-57)80-21)84-89(47(4)5,48(6)7)49(8)9/h28-30,33-34,42,47-50,52-54,56-59,61-64,66-67H,25-27,31-32,35-41,43-46H2,1-24H3/b30-28+,33-29+,51-34+,55-42+/t50-,52-,53-,54-,56-,57+,58+,59+,61-,62+,63+,64-,66-,67+,72+/m1/s1. The van der Waals surface area contributed by atoms with Crippen molar-refractivity contribution in [2.75, 3.05) is 27.9 Å². The lowest BCUT2D eigenvalue weighted by atomic mass is 9.78. The number of cyclic esters (lactones) is 1. The third-order valence-electron chi connectivity index (χ3n) is 22.0. The number of hydrogen-bond acceptors (Lipinski definition) is 13. The van der Waals surface area contributed by atoms with Crippen LogP contribution in [0.1, 0.15) is 209 Å². The van der Waals surface area contributed by atoms with Crippen LogP contribution < -0.4 is 0 Å². The summed E-state index contributed by atoms with van der Waals surface area (Å²) in [6.45, 7) is 45.0. The molecule has 1 aliphatic carbocycles. The van der Waals surface area contributed by atoms with Crippen molar-refractivity contribution in [3.8, 4) is 0 Å². The van der Waals surface area contributed by atoms with E-state index in [1.807, 2.05) is 65.0 Å². The maximum absolute atomic E-state index is 15.7. The zero-order valence-corrected chi connectivity index (χ0v) is 63.3. The van der Waals surface area contributed by atoms with E-state index in [4.69, 9.17) is 37.0 Å². The molecule has 2 bridgehead atoms. The number of piperidine rings is 1. The maximum Gasteiger partial charge on any atom is 0.329 e. The Balaban J connectivity index is 1.90. The molecule has 0 radical (unpaired) electrons. The van der Waals surface area contributed by atoms with Gasteiger partial charge in [-0.1, -0.05) is 154 Å². The van der Waals surface area contributed by atoms with Gasteiger partial charge in [-0.15, -0.1) is 0 Å². The summed E-state index contributed by atoms with van der Waals surface area (Å²) in [7, 11) is -2.42.